The first-order valence-corrected chi connectivity index (χ1v) is 10.6. The fourth-order valence-corrected chi connectivity index (χ4v) is 4.59. The van der Waals surface area contributed by atoms with E-state index in [1.54, 1.807) is 11.0 Å². The number of thiocarbonyl (C=S) groups is 1. The Morgan fingerprint density at radius 2 is 1.82 bits per heavy atom. The Balaban J connectivity index is 1.62. The van der Waals surface area contributed by atoms with Gasteiger partial charge < -0.3 is 4.42 Å². The molecule has 1 aliphatic heterocycles. The van der Waals surface area contributed by atoms with Gasteiger partial charge in [-0.3, -0.25) is 9.69 Å². The van der Waals surface area contributed by atoms with Crippen LogP contribution < -0.4 is 4.90 Å². The zero-order chi connectivity index (χ0) is 19.8. The number of rotatable bonds is 3. The van der Waals surface area contributed by atoms with Crippen LogP contribution in [-0.2, 0) is 4.79 Å². The van der Waals surface area contributed by atoms with Crippen molar-refractivity contribution in [1.29, 1.82) is 0 Å². The Kier molecular flexibility index (Phi) is 5.27. The van der Waals surface area contributed by atoms with Crippen molar-refractivity contribution in [2.75, 3.05) is 4.90 Å². The number of benzene rings is 2. The van der Waals surface area contributed by atoms with Crippen LogP contribution in [0.1, 0.15) is 16.9 Å². The van der Waals surface area contributed by atoms with E-state index in [0.717, 1.165) is 32.6 Å². The minimum atomic E-state index is -0.122. The number of aryl methyl sites for hydroxylation is 2. The molecule has 1 saturated heterocycles. The van der Waals surface area contributed by atoms with Crippen LogP contribution in [0.2, 0.25) is 0 Å². The first-order chi connectivity index (χ1) is 13.4. The second kappa shape index (κ2) is 7.70. The molecular formula is C22H16BrNO2S2. The maximum Gasteiger partial charge on any atom is 0.270 e. The van der Waals surface area contributed by atoms with Crippen LogP contribution in [0, 0.1) is 13.8 Å². The molecule has 0 bridgehead atoms. The van der Waals surface area contributed by atoms with Crippen molar-refractivity contribution in [3.05, 3.63) is 80.9 Å². The lowest BCUT2D eigenvalue weighted by Gasteiger charge is -2.17. The smallest absolute Gasteiger partial charge is 0.270 e. The third-order valence-electron chi connectivity index (χ3n) is 4.42. The molecule has 1 fully saturated rings. The Bertz CT molecular complexity index is 1120. The highest BCUT2D eigenvalue weighted by atomic mass is 79.9. The molecule has 0 atom stereocenters. The normalized spacial score (nSPS) is 15.7. The van der Waals surface area contributed by atoms with Gasteiger partial charge in [-0.2, -0.15) is 0 Å². The summed E-state index contributed by atoms with van der Waals surface area (Å²) < 4.78 is 7.46. The zero-order valence-electron chi connectivity index (χ0n) is 15.2. The number of nitrogens with zero attached hydrogens (tertiary/aromatic N) is 1. The molecule has 0 aliphatic carbocycles. The molecule has 4 rings (SSSR count). The summed E-state index contributed by atoms with van der Waals surface area (Å²) in [7, 11) is 0. The molecule has 0 spiro atoms. The molecule has 28 heavy (non-hydrogen) atoms. The number of carbonyl (C=O) groups is 1. The van der Waals surface area contributed by atoms with Gasteiger partial charge in [0.1, 0.15) is 11.5 Å². The number of anilines is 1. The van der Waals surface area contributed by atoms with E-state index >= 15 is 0 Å². The van der Waals surface area contributed by atoms with Gasteiger partial charge in [0.2, 0.25) is 0 Å². The second-order valence-electron chi connectivity index (χ2n) is 6.52. The van der Waals surface area contributed by atoms with Crippen molar-refractivity contribution >= 4 is 61.9 Å². The molecule has 1 amide bonds. The number of hydrogen-bond acceptors (Lipinski definition) is 4. The van der Waals surface area contributed by atoms with E-state index in [4.69, 9.17) is 16.6 Å². The summed E-state index contributed by atoms with van der Waals surface area (Å²) in [6, 6.07) is 17.6. The molecule has 3 aromatic rings. The largest absolute Gasteiger partial charge is 0.457 e. The maximum absolute atomic E-state index is 13.0. The Hall–Kier alpha value is -2.15. The predicted molar refractivity (Wildman–Crippen MR) is 123 cm³/mol. The average Bonchev–Trinajstić information content (AvgIpc) is 3.22. The van der Waals surface area contributed by atoms with Gasteiger partial charge in [0.25, 0.3) is 5.91 Å². The van der Waals surface area contributed by atoms with E-state index in [-0.39, 0.29) is 5.91 Å². The monoisotopic (exact) mass is 469 g/mol. The molecular weight excluding hydrogens is 454 g/mol. The van der Waals surface area contributed by atoms with Crippen LogP contribution in [0.3, 0.4) is 0 Å². The standard InChI is InChI=1S/C22H16BrNO2S2/c1-13-3-9-18(14(2)11-13)24-21(25)20(28-22(24)27)12-17-8-10-19(26-17)15-4-6-16(23)7-5-15/h3-12H,1-2H3. The van der Waals surface area contributed by atoms with Crippen molar-refractivity contribution in [3.63, 3.8) is 0 Å². The van der Waals surface area contributed by atoms with Crippen LogP contribution >= 0.6 is 39.9 Å². The van der Waals surface area contributed by atoms with Crippen LogP contribution in [0.4, 0.5) is 5.69 Å². The number of hydrogen-bond donors (Lipinski definition) is 0. The van der Waals surface area contributed by atoms with Crippen LogP contribution in [0.25, 0.3) is 17.4 Å². The fourth-order valence-electron chi connectivity index (χ4n) is 3.06. The highest BCUT2D eigenvalue weighted by Gasteiger charge is 2.34. The van der Waals surface area contributed by atoms with Gasteiger partial charge in [0.05, 0.1) is 10.6 Å². The van der Waals surface area contributed by atoms with Gasteiger partial charge >= 0.3 is 0 Å². The lowest BCUT2D eigenvalue weighted by atomic mass is 10.1. The molecule has 1 aliphatic rings. The number of thioether (sulfide) groups is 1. The van der Waals surface area contributed by atoms with E-state index < -0.39 is 0 Å². The van der Waals surface area contributed by atoms with E-state index in [1.165, 1.54) is 11.8 Å². The van der Waals surface area contributed by atoms with E-state index in [1.807, 2.05) is 62.4 Å². The minimum Gasteiger partial charge on any atom is -0.457 e. The molecule has 0 radical (unpaired) electrons. The molecule has 0 N–H and O–H groups in total. The van der Waals surface area contributed by atoms with Crippen molar-refractivity contribution in [3.8, 4) is 11.3 Å². The Morgan fingerprint density at radius 1 is 1.07 bits per heavy atom. The van der Waals surface area contributed by atoms with Gasteiger partial charge in [-0.15, -0.1) is 0 Å². The van der Waals surface area contributed by atoms with Crippen LogP contribution in [0.5, 0.6) is 0 Å². The highest BCUT2D eigenvalue weighted by molar-refractivity contribution is 9.10. The molecule has 0 saturated carbocycles. The second-order valence-corrected chi connectivity index (χ2v) is 9.11. The number of furan rings is 1. The van der Waals surface area contributed by atoms with Crippen LogP contribution in [-0.4, -0.2) is 10.2 Å². The van der Waals surface area contributed by atoms with Gasteiger partial charge in [0.15, 0.2) is 4.32 Å². The summed E-state index contributed by atoms with van der Waals surface area (Å²) in [4.78, 5) is 15.1. The molecule has 3 nitrogen and oxygen atoms in total. The minimum absolute atomic E-state index is 0.122. The van der Waals surface area contributed by atoms with Crippen molar-refractivity contribution in [1.82, 2.24) is 0 Å². The lowest BCUT2D eigenvalue weighted by Crippen LogP contribution is -2.28. The van der Waals surface area contributed by atoms with Gasteiger partial charge in [-0.1, -0.05) is 69.7 Å². The quantitative estimate of drug-likeness (QED) is 0.314. The number of halogens is 1. The molecule has 2 heterocycles. The Morgan fingerprint density at radius 3 is 2.54 bits per heavy atom. The topological polar surface area (TPSA) is 33.5 Å². The van der Waals surface area contributed by atoms with Gasteiger partial charge in [-0.25, -0.2) is 0 Å². The summed E-state index contributed by atoms with van der Waals surface area (Å²) in [5.41, 5.74) is 3.98. The van der Waals surface area contributed by atoms with E-state index in [2.05, 4.69) is 22.0 Å². The first-order valence-electron chi connectivity index (χ1n) is 8.63. The summed E-state index contributed by atoms with van der Waals surface area (Å²) in [5.74, 6) is 1.26. The fraction of sp³-hybridized carbons (Fsp3) is 0.0909. The van der Waals surface area contributed by atoms with Crippen molar-refractivity contribution in [2.45, 2.75) is 13.8 Å². The molecule has 140 valence electrons. The van der Waals surface area contributed by atoms with Gasteiger partial charge in [-0.05, 0) is 49.7 Å². The zero-order valence-corrected chi connectivity index (χ0v) is 18.5. The summed E-state index contributed by atoms with van der Waals surface area (Å²) >= 11 is 10.2. The lowest BCUT2D eigenvalue weighted by molar-refractivity contribution is -0.113. The van der Waals surface area contributed by atoms with E-state index in [0.29, 0.717) is 15.0 Å². The number of amides is 1. The summed E-state index contributed by atoms with van der Waals surface area (Å²) in [6.45, 7) is 4.02. The number of carbonyl (C=O) groups excluding carboxylic acids is 1. The molecule has 0 unspecified atom stereocenters. The predicted octanol–water partition coefficient (Wildman–Crippen LogP) is 6.73. The van der Waals surface area contributed by atoms with Crippen molar-refractivity contribution < 1.29 is 9.21 Å². The third kappa shape index (κ3) is 3.72. The highest BCUT2D eigenvalue weighted by Crippen LogP contribution is 2.38. The van der Waals surface area contributed by atoms with E-state index in [9.17, 15) is 4.79 Å². The first kappa shape index (κ1) is 19.2. The SMILES string of the molecule is Cc1ccc(N2C(=O)C(=Cc3ccc(-c4ccc(Br)cc4)o3)SC2=S)c(C)c1. The van der Waals surface area contributed by atoms with Gasteiger partial charge in [0, 0.05) is 16.1 Å². The maximum atomic E-state index is 13.0. The summed E-state index contributed by atoms with van der Waals surface area (Å²) in [6.07, 6.45) is 1.76. The molecule has 2 aromatic carbocycles. The average molecular weight is 470 g/mol. The van der Waals surface area contributed by atoms with Crippen LogP contribution in [0.15, 0.2) is 68.4 Å². The third-order valence-corrected chi connectivity index (χ3v) is 6.25. The molecule has 6 heteroatoms. The van der Waals surface area contributed by atoms with Crippen molar-refractivity contribution in [2.24, 2.45) is 0 Å². The summed E-state index contributed by atoms with van der Waals surface area (Å²) in [5, 5.41) is 0. The Labute approximate surface area is 181 Å². The molecule has 1 aromatic heterocycles.